The highest BCUT2D eigenvalue weighted by atomic mass is 127. The Kier molecular flexibility index (Phi) is 11.8. The second-order valence-corrected chi connectivity index (χ2v) is 9.12. The van der Waals surface area contributed by atoms with Crippen LogP contribution in [0, 0.1) is 0 Å². The third kappa shape index (κ3) is 8.22. The summed E-state index contributed by atoms with van der Waals surface area (Å²) in [6.45, 7) is 7.97. The van der Waals surface area contributed by atoms with Crippen molar-refractivity contribution in [2.75, 3.05) is 19.6 Å². The largest absolute Gasteiger partial charge is 0.359 e. The number of guanidine groups is 1. The molecule has 8 nitrogen and oxygen atoms in total. The van der Waals surface area contributed by atoms with Crippen molar-refractivity contribution in [1.29, 1.82) is 0 Å². The summed E-state index contributed by atoms with van der Waals surface area (Å²) in [4.78, 5) is 4.48. The number of nitrogens with one attached hydrogen (secondary N) is 3. The second kappa shape index (κ2) is 13.2. The predicted octanol–water partition coefficient (Wildman–Crippen LogP) is 3.29. The van der Waals surface area contributed by atoms with Crippen molar-refractivity contribution in [3.63, 3.8) is 0 Å². The van der Waals surface area contributed by atoms with Gasteiger partial charge in [-0.15, -0.1) is 35.3 Å². The van der Waals surface area contributed by atoms with Crippen LogP contribution < -0.4 is 15.4 Å². The molecule has 0 unspecified atom stereocenters. The molecule has 11 heteroatoms. The van der Waals surface area contributed by atoms with Gasteiger partial charge >= 0.3 is 0 Å². The Bertz CT molecular complexity index is 834. The molecule has 2 aromatic heterocycles. The molecular formula is C18H30IN5O3S2. The topological polar surface area (TPSA) is 109 Å². The Morgan fingerprint density at radius 1 is 1.24 bits per heavy atom. The highest BCUT2D eigenvalue weighted by Gasteiger charge is 2.14. The van der Waals surface area contributed by atoms with E-state index < -0.39 is 10.0 Å². The van der Waals surface area contributed by atoms with Gasteiger partial charge in [-0.3, -0.25) is 0 Å². The standard InChI is InChI=1S/C18H29N5O3S2.HI/c1-4-14(5-2)16-12-15(26-23-16)13-21-18(19-6-3)20-9-10-22-28(24,25)17-8-7-11-27-17;/h7-8,11-12,14,22H,4-6,9-10,13H2,1-3H3,(H2,19,20,21);1H. The SMILES string of the molecule is CCNC(=NCc1cc(C(CC)CC)no1)NCCNS(=O)(=O)c1cccs1.I. The lowest BCUT2D eigenvalue weighted by Crippen LogP contribution is -2.41. The number of hydrogen-bond donors (Lipinski definition) is 3. The van der Waals surface area contributed by atoms with E-state index in [1.54, 1.807) is 17.5 Å². The highest BCUT2D eigenvalue weighted by molar-refractivity contribution is 14.0. The van der Waals surface area contributed by atoms with E-state index in [9.17, 15) is 8.42 Å². The van der Waals surface area contributed by atoms with E-state index in [-0.39, 0.29) is 30.5 Å². The number of thiophene rings is 1. The minimum atomic E-state index is -3.45. The molecule has 2 heterocycles. The van der Waals surface area contributed by atoms with E-state index in [1.807, 2.05) is 13.0 Å². The fourth-order valence-electron chi connectivity index (χ4n) is 2.66. The van der Waals surface area contributed by atoms with Gasteiger partial charge < -0.3 is 15.2 Å². The van der Waals surface area contributed by atoms with Crippen LogP contribution in [0.25, 0.3) is 0 Å². The van der Waals surface area contributed by atoms with Gasteiger partial charge in [0.1, 0.15) is 10.8 Å². The van der Waals surface area contributed by atoms with Crippen LogP contribution in [0.15, 0.2) is 37.3 Å². The fraction of sp³-hybridized carbons (Fsp3) is 0.556. The third-order valence-corrected chi connectivity index (χ3v) is 7.05. The van der Waals surface area contributed by atoms with Gasteiger partial charge in [0.15, 0.2) is 11.7 Å². The summed E-state index contributed by atoms with van der Waals surface area (Å²) in [5.74, 6) is 1.71. The van der Waals surface area contributed by atoms with Gasteiger partial charge in [-0.25, -0.2) is 18.1 Å². The monoisotopic (exact) mass is 555 g/mol. The molecule has 2 rings (SSSR count). The number of rotatable bonds is 11. The maximum Gasteiger partial charge on any atom is 0.250 e. The van der Waals surface area contributed by atoms with Crippen molar-refractivity contribution in [3.8, 4) is 0 Å². The van der Waals surface area contributed by atoms with Crippen LogP contribution in [0.2, 0.25) is 0 Å². The summed E-state index contributed by atoms with van der Waals surface area (Å²) in [5.41, 5.74) is 0.969. The van der Waals surface area contributed by atoms with Crippen LogP contribution in [-0.4, -0.2) is 39.2 Å². The molecule has 0 saturated heterocycles. The molecule has 0 amide bonds. The van der Waals surface area contributed by atoms with Crippen LogP contribution >= 0.6 is 35.3 Å². The molecule has 29 heavy (non-hydrogen) atoms. The number of halogens is 1. The summed E-state index contributed by atoms with van der Waals surface area (Å²) in [5, 5.41) is 12.1. The summed E-state index contributed by atoms with van der Waals surface area (Å²) in [6, 6.07) is 5.25. The smallest absolute Gasteiger partial charge is 0.250 e. The van der Waals surface area contributed by atoms with Gasteiger partial charge in [-0.2, -0.15) is 0 Å². The number of nitrogens with zero attached hydrogens (tertiary/aromatic N) is 2. The molecule has 0 spiro atoms. The van der Waals surface area contributed by atoms with E-state index in [0.717, 1.165) is 18.5 Å². The summed E-state index contributed by atoms with van der Waals surface area (Å²) in [7, 11) is -3.45. The number of aromatic nitrogens is 1. The Morgan fingerprint density at radius 3 is 2.62 bits per heavy atom. The first-order valence-electron chi connectivity index (χ1n) is 9.50. The van der Waals surface area contributed by atoms with E-state index in [2.05, 4.69) is 39.4 Å². The molecule has 0 bridgehead atoms. The maximum absolute atomic E-state index is 12.1. The van der Waals surface area contributed by atoms with Crippen molar-refractivity contribution in [2.45, 2.75) is 50.3 Å². The molecule has 0 fully saturated rings. The third-order valence-electron chi connectivity index (χ3n) is 4.19. The first-order valence-corrected chi connectivity index (χ1v) is 11.9. The van der Waals surface area contributed by atoms with Crippen LogP contribution in [0.3, 0.4) is 0 Å². The molecule has 0 radical (unpaired) electrons. The van der Waals surface area contributed by atoms with Crippen molar-refractivity contribution >= 4 is 51.3 Å². The lowest BCUT2D eigenvalue weighted by molar-refractivity contribution is 0.372. The molecule has 0 aliphatic heterocycles. The van der Waals surface area contributed by atoms with E-state index in [1.165, 1.54) is 11.3 Å². The zero-order valence-electron chi connectivity index (χ0n) is 17.0. The number of aliphatic imine (C=N–C) groups is 1. The minimum Gasteiger partial charge on any atom is -0.359 e. The van der Waals surface area contributed by atoms with Crippen molar-refractivity contribution in [1.82, 2.24) is 20.5 Å². The van der Waals surface area contributed by atoms with Crippen LogP contribution in [0.1, 0.15) is 51.0 Å². The van der Waals surface area contributed by atoms with Crippen LogP contribution in [-0.2, 0) is 16.6 Å². The molecule has 0 aliphatic carbocycles. The Hall–Kier alpha value is -1.18. The fourth-order valence-corrected chi connectivity index (χ4v) is 4.72. The first kappa shape index (κ1) is 25.9. The van der Waals surface area contributed by atoms with Crippen LogP contribution in [0.5, 0.6) is 0 Å². The number of sulfonamides is 1. The summed E-state index contributed by atoms with van der Waals surface area (Å²) < 4.78 is 32.4. The molecule has 2 aromatic rings. The number of hydrogen-bond acceptors (Lipinski definition) is 6. The van der Waals surface area contributed by atoms with E-state index in [4.69, 9.17) is 4.52 Å². The first-order chi connectivity index (χ1) is 13.5. The highest BCUT2D eigenvalue weighted by Crippen LogP contribution is 2.22. The predicted molar refractivity (Wildman–Crippen MR) is 128 cm³/mol. The molecule has 0 atom stereocenters. The second-order valence-electron chi connectivity index (χ2n) is 6.18. The Balaban J connectivity index is 0.00000420. The zero-order chi connectivity index (χ0) is 20.4. The minimum absolute atomic E-state index is 0. The maximum atomic E-state index is 12.1. The molecule has 0 aliphatic rings. The zero-order valence-corrected chi connectivity index (χ0v) is 20.9. The molecule has 0 saturated carbocycles. The van der Waals surface area contributed by atoms with Gasteiger partial charge in [-0.05, 0) is 31.2 Å². The van der Waals surface area contributed by atoms with Crippen molar-refractivity contribution in [3.05, 3.63) is 35.0 Å². The Morgan fingerprint density at radius 2 is 2.00 bits per heavy atom. The average molecular weight is 556 g/mol. The molecule has 3 N–H and O–H groups in total. The van der Waals surface area contributed by atoms with E-state index in [0.29, 0.717) is 41.5 Å². The Labute approximate surface area is 194 Å². The lowest BCUT2D eigenvalue weighted by Gasteiger charge is -2.11. The van der Waals surface area contributed by atoms with Crippen molar-refractivity contribution < 1.29 is 12.9 Å². The van der Waals surface area contributed by atoms with Gasteiger partial charge in [0.25, 0.3) is 0 Å². The molecule has 0 aromatic carbocycles. The van der Waals surface area contributed by atoms with E-state index >= 15 is 0 Å². The van der Waals surface area contributed by atoms with Crippen molar-refractivity contribution in [2.24, 2.45) is 4.99 Å². The van der Waals surface area contributed by atoms with Gasteiger partial charge in [-0.1, -0.05) is 25.1 Å². The summed E-state index contributed by atoms with van der Waals surface area (Å²) in [6.07, 6.45) is 2.05. The molecule has 164 valence electrons. The lowest BCUT2D eigenvalue weighted by atomic mass is 9.99. The van der Waals surface area contributed by atoms with Gasteiger partial charge in [0.2, 0.25) is 10.0 Å². The quantitative estimate of drug-likeness (QED) is 0.170. The summed E-state index contributed by atoms with van der Waals surface area (Å²) >= 11 is 1.19. The normalized spacial score (nSPS) is 12.1. The van der Waals surface area contributed by atoms with Crippen LogP contribution in [0.4, 0.5) is 0 Å². The van der Waals surface area contributed by atoms with Gasteiger partial charge in [0.05, 0.1) is 5.69 Å². The average Bonchev–Trinajstić information content (AvgIpc) is 3.37. The molecular weight excluding hydrogens is 525 g/mol. The van der Waals surface area contributed by atoms with Gasteiger partial charge in [0, 0.05) is 31.6 Å².